The molecule has 0 radical (unpaired) electrons. The molecule has 1 aliphatic rings. The summed E-state index contributed by atoms with van der Waals surface area (Å²) in [6.45, 7) is 7.01. The molecule has 0 bridgehead atoms. The second-order valence-electron chi connectivity index (χ2n) is 6.24. The molecule has 1 saturated heterocycles. The number of amides is 1. The summed E-state index contributed by atoms with van der Waals surface area (Å²) in [5.41, 5.74) is 0.604. The average molecular weight is 384 g/mol. The Hall–Kier alpha value is -1.97. The van der Waals surface area contributed by atoms with Crippen molar-refractivity contribution < 1.29 is 28.6 Å². The van der Waals surface area contributed by atoms with Gasteiger partial charge in [-0.2, -0.15) is 0 Å². The van der Waals surface area contributed by atoms with Gasteiger partial charge in [0.2, 0.25) is 5.91 Å². The van der Waals surface area contributed by atoms with Gasteiger partial charge in [0.05, 0.1) is 38.5 Å². The number of methoxy groups -OCH3 is 2. The third-order valence-electron chi connectivity index (χ3n) is 4.02. The van der Waals surface area contributed by atoms with E-state index < -0.39 is 11.9 Å². The Balaban J connectivity index is 2.18. The molecule has 0 aliphatic carbocycles. The van der Waals surface area contributed by atoms with E-state index in [4.69, 9.17) is 14.2 Å². The normalized spacial score (nSPS) is 20.5. The molecule has 1 amide bonds. The Labute approximate surface area is 156 Å². The highest BCUT2D eigenvalue weighted by Gasteiger charge is 2.28. The van der Waals surface area contributed by atoms with Crippen LogP contribution in [0.4, 0.5) is 5.00 Å². The van der Waals surface area contributed by atoms with E-state index in [1.54, 1.807) is 6.92 Å². The minimum Gasteiger partial charge on any atom is -0.465 e. The van der Waals surface area contributed by atoms with Crippen molar-refractivity contribution in [2.24, 2.45) is 0 Å². The fourth-order valence-corrected chi connectivity index (χ4v) is 4.15. The molecule has 1 aliphatic heterocycles. The van der Waals surface area contributed by atoms with E-state index in [9.17, 15) is 14.4 Å². The molecule has 1 aromatic rings. The van der Waals surface area contributed by atoms with E-state index in [2.05, 4.69) is 5.32 Å². The Morgan fingerprint density at radius 3 is 2.27 bits per heavy atom. The number of carbonyl (C=O) groups is 3. The van der Waals surface area contributed by atoms with E-state index in [1.165, 1.54) is 14.2 Å². The number of anilines is 1. The number of nitrogens with zero attached hydrogens (tertiary/aromatic N) is 1. The number of morpholine rings is 1. The number of thiophene rings is 1. The number of nitrogens with one attached hydrogen (secondary N) is 1. The SMILES string of the molecule is COC(=O)c1sc(NC(=O)CN2C[C@H](C)O[C@@H](C)C2)c(C(=O)OC)c1C. The molecule has 0 unspecified atom stereocenters. The van der Waals surface area contributed by atoms with Gasteiger partial charge in [-0.25, -0.2) is 9.59 Å². The van der Waals surface area contributed by atoms with Crippen LogP contribution in [0.5, 0.6) is 0 Å². The summed E-state index contributed by atoms with van der Waals surface area (Å²) < 4.78 is 15.2. The van der Waals surface area contributed by atoms with E-state index in [0.29, 0.717) is 18.7 Å². The molecule has 144 valence electrons. The lowest BCUT2D eigenvalue weighted by Crippen LogP contribution is -2.48. The molecule has 1 N–H and O–H groups in total. The van der Waals surface area contributed by atoms with Gasteiger partial charge in [-0.05, 0) is 26.3 Å². The van der Waals surface area contributed by atoms with E-state index in [-0.39, 0.29) is 40.1 Å². The zero-order valence-electron chi connectivity index (χ0n) is 15.6. The fourth-order valence-electron chi connectivity index (χ4n) is 3.02. The van der Waals surface area contributed by atoms with Crippen molar-refractivity contribution in [3.63, 3.8) is 0 Å². The molecule has 0 saturated carbocycles. The quantitative estimate of drug-likeness (QED) is 0.772. The number of hydrogen-bond acceptors (Lipinski definition) is 8. The van der Waals surface area contributed by atoms with Gasteiger partial charge in [0, 0.05) is 13.1 Å². The molecule has 0 aromatic carbocycles. The summed E-state index contributed by atoms with van der Waals surface area (Å²) in [5.74, 6) is -1.44. The van der Waals surface area contributed by atoms with Crippen molar-refractivity contribution in [3.05, 3.63) is 16.0 Å². The minimum atomic E-state index is -0.613. The molecular weight excluding hydrogens is 360 g/mol. The summed E-state index contributed by atoms with van der Waals surface area (Å²) >= 11 is 1.00. The van der Waals surface area contributed by atoms with Crippen molar-refractivity contribution in [1.82, 2.24) is 4.90 Å². The first-order valence-corrected chi connectivity index (χ1v) is 9.06. The molecule has 0 spiro atoms. The molecule has 2 heterocycles. The maximum Gasteiger partial charge on any atom is 0.348 e. The van der Waals surface area contributed by atoms with Crippen LogP contribution in [0.1, 0.15) is 39.4 Å². The molecule has 1 fully saturated rings. The number of ether oxygens (including phenoxy) is 3. The number of esters is 2. The van der Waals surface area contributed by atoms with Crippen molar-refractivity contribution >= 4 is 34.2 Å². The van der Waals surface area contributed by atoms with Crippen LogP contribution >= 0.6 is 11.3 Å². The third kappa shape index (κ3) is 4.60. The summed E-state index contributed by atoms with van der Waals surface area (Å²) in [7, 11) is 2.51. The van der Waals surface area contributed by atoms with Crippen LogP contribution in [0, 0.1) is 6.92 Å². The zero-order valence-corrected chi connectivity index (χ0v) is 16.4. The number of carbonyl (C=O) groups excluding carboxylic acids is 3. The van der Waals surface area contributed by atoms with Crippen molar-refractivity contribution in [2.75, 3.05) is 39.2 Å². The van der Waals surface area contributed by atoms with Gasteiger partial charge in [-0.15, -0.1) is 11.3 Å². The van der Waals surface area contributed by atoms with Crippen LogP contribution in [0.3, 0.4) is 0 Å². The summed E-state index contributed by atoms with van der Waals surface area (Å²) in [4.78, 5) is 38.7. The average Bonchev–Trinajstić information content (AvgIpc) is 2.88. The molecule has 2 rings (SSSR count). The zero-order chi connectivity index (χ0) is 19.4. The molecule has 2 atom stereocenters. The largest absolute Gasteiger partial charge is 0.465 e. The lowest BCUT2D eigenvalue weighted by atomic mass is 10.1. The van der Waals surface area contributed by atoms with Gasteiger partial charge in [0.25, 0.3) is 0 Å². The van der Waals surface area contributed by atoms with E-state index >= 15 is 0 Å². The van der Waals surface area contributed by atoms with Crippen LogP contribution in [0.2, 0.25) is 0 Å². The predicted octanol–water partition coefficient (Wildman–Crippen LogP) is 1.68. The van der Waals surface area contributed by atoms with Gasteiger partial charge < -0.3 is 19.5 Å². The topological polar surface area (TPSA) is 94.2 Å². The van der Waals surface area contributed by atoms with Crippen LogP contribution in [-0.4, -0.2) is 68.8 Å². The van der Waals surface area contributed by atoms with E-state index in [1.807, 2.05) is 18.7 Å². The Morgan fingerprint density at radius 1 is 1.15 bits per heavy atom. The second kappa shape index (κ2) is 8.61. The first-order chi connectivity index (χ1) is 12.3. The summed E-state index contributed by atoms with van der Waals surface area (Å²) in [6, 6.07) is 0. The first kappa shape index (κ1) is 20.3. The highest BCUT2D eigenvalue weighted by molar-refractivity contribution is 7.18. The standard InChI is InChI=1S/C17H24N2O6S/c1-9-6-19(7-10(2)25-9)8-12(20)18-15-13(16(21)23-4)11(3)14(26-15)17(22)24-5/h9-10H,6-8H2,1-5H3,(H,18,20)/t9-,10-/m0/s1. The van der Waals surface area contributed by atoms with Crippen molar-refractivity contribution in [2.45, 2.75) is 33.0 Å². The highest BCUT2D eigenvalue weighted by Crippen LogP contribution is 2.34. The van der Waals surface area contributed by atoms with Gasteiger partial charge in [-0.3, -0.25) is 9.69 Å². The van der Waals surface area contributed by atoms with Crippen molar-refractivity contribution in [3.8, 4) is 0 Å². The lowest BCUT2D eigenvalue weighted by molar-refractivity contribution is -0.121. The van der Waals surface area contributed by atoms with Crippen molar-refractivity contribution in [1.29, 1.82) is 0 Å². The Bertz CT molecular complexity index is 692. The molecule has 26 heavy (non-hydrogen) atoms. The Kier molecular flexibility index (Phi) is 6.74. The van der Waals surface area contributed by atoms with Crippen LogP contribution in [0.25, 0.3) is 0 Å². The first-order valence-electron chi connectivity index (χ1n) is 8.24. The van der Waals surface area contributed by atoms with Crippen LogP contribution in [0.15, 0.2) is 0 Å². The number of hydrogen-bond donors (Lipinski definition) is 1. The van der Waals surface area contributed by atoms with Gasteiger partial charge in [0.1, 0.15) is 9.88 Å². The number of rotatable bonds is 5. The van der Waals surface area contributed by atoms with Crippen LogP contribution in [-0.2, 0) is 19.0 Å². The Morgan fingerprint density at radius 2 is 1.73 bits per heavy atom. The third-order valence-corrected chi connectivity index (χ3v) is 5.21. The molecule has 1 aromatic heterocycles. The van der Waals surface area contributed by atoms with Gasteiger partial charge >= 0.3 is 11.9 Å². The fraction of sp³-hybridized carbons (Fsp3) is 0.588. The predicted molar refractivity (Wildman–Crippen MR) is 96.8 cm³/mol. The summed E-state index contributed by atoms with van der Waals surface area (Å²) in [6.07, 6.45) is 0.0965. The highest BCUT2D eigenvalue weighted by atomic mass is 32.1. The lowest BCUT2D eigenvalue weighted by Gasteiger charge is -2.34. The molecule has 9 heteroatoms. The second-order valence-corrected chi connectivity index (χ2v) is 7.26. The van der Waals surface area contributed by atoms with Crippen LogP contribution < -0.4 is 5.32 Å². The smallest absolute Gasteiger partial charge is 0.348 e. The minimum absolute atomic E-state index is 0.0482. The molecule has 8 nitrogen and oxygen atoms in total. The summed E-state index contributed by atoms with van der Waals surface area (Å²) in [5, 5.41) is 3.02. The monoisotopic (exact) mass is 384 g/mol. The maximum atomic E-state index is 12.5. The maximum absolute atomic E-state index is 12.5. The van der Waals surface area contributed by atoms with Gasteiger partial charge in [0.15, 0.2) is 0 Å². The van der Waals surface area contributed by atoms with Gasteiger partial charge in [-0.1, -0.05) is 0 Å². The van der Waals surface area contributed by atoms with E-state index in [0.717, 1.165) is 11.3 Å². The molecular formula is C17H24N2O6S.